The summed E-state index contributed by atoms with van der Waals surface area (Å²) in [7, 11) is 0. The Morgan fingerprint density at radius 3 is 1.63 bits per heavy atom. The maximum absolute atomic E-state index is 3.61. The first-order valence-corrected chi connectivity index (χ1v) is 8.03. The van der Waals surface area contributed by atoms with Crippen LogP contribution in [0.1, 0.15) is 30.5 Å². The van der Waals surface area contributed by atoms with Gasteiger partial charge in [0, 0.05) is 8.95 Å². The lowest BCUT2D eigenvalue weighted by Crippen LogP contribution is -2.23. The second-order valence-electron chi connectivity index (χ2n) is 4.49. The molecule has 0 aliphatic carbocycles. The van der Waals surface area contributed by atoms with E-state index in [4.69, 9.17) is 0 Å². The second kappa shape index (κ2) is 7.22. The van der Waals surface area contributed by atoms with Crippen LogP contribution < -0.4 is 5.32 Å². The molecule has 0 atom stereocenters. The fourth-order valence-corrected chi connectivity index (χ4v) is 2.56. The van der Waals surface area contributed by atoms with Crippen molar-refractivity contribution < 1.29 is 0 Å². The van der Waals surface area contributed by atoms with Crippen molar-refractivity contribution in [3.05, 3.63) is 68.6 Å². The van der Waals surface area contributed by atoms with Crippen LogP contribution in [0.4, 0.5) is 0 Å². The zero-order valence-corrected chi connectivity index (χ0v) is 14.0. The van der Waals surface area contributed by atoms with Gasteiger partial charge < -0.3 is 5.32 Å². The van der Waals surface area contributed by atoms with Gasteiger partial charge in [0.15, 0.2) is 0 Å². The average Bonchev–Trinajstić information content (AvgIpc) is 2.43. The monoisotopic (exact) mass is 381 g/mol. The van der Waals surface area contributed by atoms with E-state index in [0.29, 0.717) is 0 Å². The Morgan fingerprint density at radius 2 is 1.26 bits per heavy atom. The van der Waals surface area contributed by atoms with Gasteiger partial charge in [-0.2, -0.15) is 0 Å². The van der Waals surface area contributed by atoms with Crippen LogP contribution in [0, 0.1) is 0 Å². The molecule has 19 heavy (non-hydrogen) atoms. The summed E-state index contributed by atoms with van der Waals surface area (Å²) in [4.78, 5) is 0. The highest BCUT2D eigenvalue weighted by Crippen LogP contribution is 2.25. The Kier molecular flexibility index (Phi) is 5.61. The summed E-state index contributed by atoms with van der Waals surface area (Å²) in [6.07, 6.45) is 1.13. The molecule has 1 nitrogen and oxygen atoms in total. The molecule has 3 heteroatoms. The Balaban J connectivity index is 2.29. The van der Waals surface area contributed by atoms with Gasteiger partial charge in [-0.25, -0.2) is 0 Å². The Hall–Kier alpha value is -0.640. The molecule has 0 aliphatic heterocycles. The van der Waals surface area contributed by atoms with Crippen LogP contribution in [-0.2, 0) is 0 Å². The molecule has 0 saturated carbocycles. The summed E-state index contributed by atoms with van der Waals surface area (Å²) in [5.41, 5.74) is 2.58. The lowest BCUT2D eigenvalue weighted by Gasteiger charge is -2.20. The largest absolute Gasteiger partial charge is 0.306 e. The first-order chi connectivity index (χ1) is 9.20. The molecule has 0 spiro atoms. The summed E-state index contributed by atoms with van der Waals surface area (Å²) in [6.45, 7) is 3.20. The number of hydrogen-bond acceptors (Lipinski definition) is 1. The molecule has 2 aromatic carbocycles. The van der Waals surface area contributed by atoms with Gasteiger partial charge in [-0.05, 0) is 48.4 Å². The molecule has 0 aromatic heterocycles. The van der Waals surface area contributed by atoms with E-state index < -0.39 is 0 Å². The van der Waals surface area contributed by atoms with Gasteiger partial charge in [-0.3, -0.25) is 0 Å². The van der Waals surface area contributed by atoms with Gasteiger partial charge in [0.25, 0.3) is 0 Å². The molecule has 0 unspecified atom stereocenters. The lowest BCUT2D eigenvalue weighted by molar-refractivity contribution is 0.598. The van der Waals surface area contributed by atoms with Crippen molar-refractivity contribution in [1.82, 2.24) is 5.32 Å². The predicted molar refractivity (Wildman–Crippen MR) is 88.4 cm³/mol. The van der Waals surface area contributed by atoms with Gasteiger partial charge in [0.05, 0.1) is 6.04 Å². The molecule has 0 radical (unpaired) electrons. The van der Waals surface area contributed by atoms with E-state index in [1.807, 2.05) is 0 Å². The van der Waals surface area contributed by atoms with Crippen LogP contribution in [0.15, 0.2) is 57.5 Å². The highest BCUT2D eigenvalue weighted by molar-refractivity contribution is 9.10. The van der Waals surface area contributed by atoms with Crippen LogP contribution in [0.3, 0.4) is 0 Å². The maximum Gasteiger partial charge on any atom is 0.0576 e. The van der Waals surface area contributed by atoms with Gasteiger partial charge in [0.1, 0.15) is 0 Å². The topological polar surface area (TPSA) is 12.0 Å². The zero-order chi connectivity index (χ0) is 13.7. The molecule has 0 fully saturated rings. The highest BCUT2D eigenvalue weighted by atomic mass is 79.9. The zero-order valence-electron chi connectivity index (χ0n) is 10.9. The minimum atomic E-state index is 0.251. The first kappa shape index (κ1) is 14.8. The Morgan fingerprint density at radius 1 is 0.842 bits per heavy atom. The molecule has 0 amide bonds. The predicted octanol–water partition coefficient (Wildman–Crippen LogP) is 5.30. The molecular weight excluding hydrogens is 366 g/mol. The SMILES string of the molecule is CCCNC(c1ccc(Br)cc1)c1ccc(Br)cc1. The lowest BCUT2D eigenvalue weighted by atomic mass is 9.99. The van der Waals surface area contributed by atoms with Crippen LogP contribution in [0.2, 0.25) is 0 Å². The Bertz CT molecular complexity index is 460. The number of nitrogens with one attached hydrogen (secondary N) is 1. The third-order valence-electron chi connectivity index (χ3n) is 3.01. The van der Waals surface area contributed by atoms with Crippen LogP contribution in [0.5, 0.6) is 0 Å². The molecule has 0 aliphatic rings. The van der Waals surface area contributed by atoms with E-state index in [0.717, 1.165) is 21.9 Å². The highest BCUT2D eigenvalue weighted by Gasteiger charge is 2.12. The first-order valence-electron chi connectivity index (χ1n) is 6.45. The summed E-state index contributed by atoms with van der Waals surface area (Å²) >= 11 is 6.97. The fraction of sp³-hybridized carbons (Fsp3) is 0.250. The van der Waals surface area contributed by atoms with Crippen LogP contribution in [-0.4, -0.2) is 6.54 Å². The van der Waals surface area contributed by atoms with E-state index in [2.05, 4.69) is 92.6 Å². The van der Waals surface area contributed by atoms with Crippen molar-refractivity contribution in [2.75, 3.05) is 6.54 Å². The third kappa shape index (κ3) is 4.16. The number of hydrogen-bond donors (Lipinski definition) is 1. The molecule has 2 aromatic rings. The number of halogens is 2. The Labute approximate surface area is 131 Å². The van der Waals surface area contributed by atoms with Gasteiger partial charge in [-0.15, -0.1) is 0 Å². The molecule has 0 heterocycles. The van der Waals surface area contributed by atoms with Crippen molar-refractivity contribution in [2.45, 2.75) is 19.4 Å². The number of benzene rings is 2. The quantitative estimate of drug-likeness (QED) is 0.739. The summed E-state index contributed by atoms with van der Waals surface area (Å²) in [5.74, 6) is 0. The van der Waals surface area contributed by atoms with Gasteiger partial charge >= 0.3 is 0 Å². The van der Waals surface area contributed by atoms with Crippen molar-refractivity contribution >= 4 is 31.9 Å². The smallest absolute Gasteiger partial charge is 0.0576 e. The van der Waals surface area contributed by atoms with E-state index in [-0.39, 0.29) is 6.04 Å². The minimum Gasteiger partial charge on any atom is -0.306 e. The van der Waals surface area contributed by atoms with Crippen molar-refractivity contribution in [2.24, 2.45) is 0 Å². The molecule has 100 valence electrons. The molecule has 1 N–H and O–H groups in total. The van der Waals surface area contributed by atoms with Crippen LogP contribution in [0.25, 0.3) is 0 Å². The third-order valence-corrected chi connectivity index (χ3v) is 4.06. The molecule has 0 bridgehead atoms. The van der Waals surface area contributed by atoms with Crippen LogP contribution >= 0.6 is 31.9 Å². The van der Waals surface area contributed by atoms with Crippen molar-refractivity contribution in [1.29, 1.82) is 0 Å². The van der Waals surface area contributed by atoms with E-state index >= 15 is 0 Å². The second-order valence-corrected chi connectivity index (χ2v) is 6.32. The maximum atomic E-state index is 3.61. The summed E-state index contributed by atoms with van der Waals surface area (Å²) in [5, 5.41) is 3.61. The number of rotatable bonds is 5. The van der Waals surface area contributed by atoms with E-state index in [9.17, 15) is 0 Å². The molecule has 0 saturated heterocycles. The van der Waals surface area contributed by atoms with E-state index in [1.54, 1.807) is 0 Å². The minimum absolute atomic E-state index is 0.251. The normalized spacial score (nSPS) is 10.9. The summed E-state index contributed by atoms with van der Waals surface area (Å²) < 4.78 is 2.22. The standard InChI is InChI=1S/C16H17Br2N/c1-2-11-19-16(12-3-7-14(17)8-4-12)13-5-9-15(18)10-6-13/h3-10,16,19H,2,11H2,1H3. The van der Waals surface area contributed by atoms with Crippen molar-refractivity contribution in [3.8, 4) is 0 Å². The summed E-state index contributed by atoms with van der Waals surface area (Å²) in [6, 6.07) is 17.3. The fourth-order valence-electron chi connectivity index (χ4n) is 2.03. The average molecular weight is 383 g/mol. The van der Waals surface area contributed by atoms with Gasteiger partial charge in [-0.1, -0.05) is 63.0 Å². The van der Waals surface area contributed by atoms with E-state index in [1.165, 1.54) is 11.1 Å². The van der Waals surface area contributed by atoms with Crippen molar-refractivity contribution in [3.63, 3.8) is 0 Å². The molecule has 2 rings (SSSR count). The van der Waals surface area contributed by atoms with Gasteiger partial charge in [0.2, 0.25) is 0 Å². The molecular formula is C16H17Br2N.